The molecule has 0 aromatic carbocycles. The Balaban J connectivity index is 3.63. The van der Waals surface area contributed by atoms with Crippen molar-refractivity contribution in [2.75, 3.05) is 6.54 Å². The van der Waals surface area contributed by atoms with Crippen LogP contribution in [0.4, 0.5) is 0 Å². The summed E-state index contributed by atoms with van der Waals surface area (Å²) in [5.41, 5.74) is 11.5. The third-order valence-corrected chi connectivity index (χ3v) is 2.49. The topological polar surface area (TPSA) is 52.0 Å². The minimum Gasteiger partial charge on any atom is -0.329 e. The first-order valence-electron chi connectivity index (χ1n) is 5.28. The van der Waals surface area contributed by atoms with Crippen LogP contribution in [0.15, 0.2) is 12.7 Å². The number of rotatable bonds is 8. The summed E-state index contributed by atoms with van der Waals surface area (Å²) in [5, 5.41) is 0. The molecular weight excluding hydrogens is 160 g/mol. The molecule has 0 spiro atoms. The maximum absolute atomic E-state index is 6.09. The van der Waals surface area contributed by atoms with Crippen LogP contribution in [0.5, 0.6) is 0 Å². The van der Waals surface area contributed by atoms with Gasteiger partial charge in [-0.1, -0.05) is 38.7 Å². The van der Waals surface area contributed by atoms with Crippen molar-refractivity contribution in [1.29, 1.82) is 0 Å². The number of hydrogen-bond acceptors (Lipinski definition) is 2. The van der Waals surface area contributed by atoms with Gasteiger partial charge in [-0.05, 0) is 12.8 Å². The van der Waals surface area contributed by atoms with Gasteiger partial charge in [-0.15, -0.1) is 6.58 Å². The van der Waals surface area contributed by atoms with E-state index >= 15 is 0 Å². The van der Waals surface area contributed by atoms with Crippen LogP contribution < -0.4 is 11.5 Å². The van der Waals surface area contributed by atoms with Crippen molar-refractivity contribution in [2.24, 2.45) is 11.5 Å². The van der Waals surface area contributed by atoms with Gasteiger partial charge in [0.25, 0.3) is 0 Å². The smallest absolute Gasteiger partial charge is 0.0313 e. The van der Waals surface area contributed by atoms with Crippen LogP contribution in [0.3, 0.4) is 0 Å². The number of nitrogens with two attached hydrogens (primary N) is 2. The molecule has 0 aliphatic rings. The van der Waals surface area contributed by atoms with Crippen molar-refractivity contribution in [3.63, 3.8) is 0 Å². The molecule has 1 unspecified atom stereocenters. The van der Waals surface area contributed by atoms with E-state index in [9.17, 15) is 0 Å². The Morgan fingerprint density at radius 1 is 1.31 bits per heavy atom. The molecule has 4 N–H and O–H groups in total. The average Bonchev–Trinajstić information content (AvgIpc) is 2.13. The summed E-state index contributed by atoms with van der Waals surface area (Å²) in [6.07, 6.45) is 8.75. The fraction of sp³-hybridized carbons (Fsp3) is 0.818. The molecule has 0 amide bonds. The van der Waals surface area contributed by atoms with Gasteiger partial charge in [0.2, 0.25) is 0 Å². The summed E-state index contributed by atoms with van der Waals surface area (Å²) in [6, 6.07) is 0. The lowest BCUT2D eigenvalue weighted by molar-refractivity contribution is 0.387. The Morgan fingerprint density at radius 3 is 2.46 bits per heavy atom. The lowest BCUT2D eigenvalue weighted by atomic mass is 9.90. The maximum atomic E-state index is 6.09. The Labute approximate surface area is 82.4 Å². The molecule has 2 nitrogen and oxygen atoms in total. The third kappa shape index (κ3) is 5.83. The zero-order valence-corrected chi connectivity index (χ0v) is 8.89. The maximum Gasteiger partial charge on any atom is 0.0313 e. The molecule has 0 aromatic rings. The van der Waals surface area contributed by atoms with E-state index in [4.69, 9.17) is 11.5 Å². The van der Waals surface area contributed by atoms with Crippen molar-refractivity contribution in [1.82, 2.24) is 0 Å². The first-order valence-corrected chi connectivity index (χ1v) is 5.28. The van der Waals surface area contributed by atoms with Gasteiger partial charge < -0.3 is 11.5 Å². The predicted octanol–water partition coefficient (Wildman–Crippen LogP) is 2.19. The van der Waals surface area contributed by atoms with Gasteiger partial charge in [-0.2, -0.15) is 0 Å². The van der Waals surface area contributed by atoms with Gasteiger partial charge in [0.15, 0.2) is 0 Å². The van der Waals surface area contributed by atoms with Gasteiger partial charge in [0, 0.05) is 12.1 Å². The second kappa shape index (κ2) is 7.10. The van der Waals surface area contributed by atoms with E-state index in [1.54, 1.807) is 0 Å². The van der Waals surface area contributed by atoms with Crippen molar-refractivity contribution in [3.8, 4) is 0 Å². The second-order valence-corrected chi connectivity index (χ2v) is 3.87. The van der Waals surface area contributed by atoms with E-state index in [0.717, 1.165) is 12.8 Å². The molecule has 78 valence electrons. The molecule has 0 radical (unpaired) electrons. The summed E-state index contributed by atoms with van der Waals surface area (Å²) < 4.78 is 0. The fourth-order valence-electron chi connectivity index (χ4n) is 1.48. The normalized spacial score (nSPS) is 15.3. The van der Waals surface area contributed by atoms with Crippen LogP contribution in [0.1, 0.15) is 45.4 Å². The van der Waals surface area contributed by atoms with Crippen LogP contribution in [-0.4, -0.2) is 12.1 Å². The Hall–Kier alpha value is -0.340. The molecule has 2 heteroatoms. The monoisotopic (exact) mass is 184 g/mol. The highest BCUT2D eigenvalue weighted by molar-refractivity contribution is 4.91. The second-order valence-electron chi connectivity index (χ2n) is 3.87. The van der Waals surface area contributed by atoms with Crippen LogP contribution in [0, 0.1) is 0 Å². The lowest BCUT2D eigenvalue weighted by Crippen LogP contribution is -2.46. The first kappa shape index (κ1) is 12.7. The molecule has 1 atom stereocenters. The Kier molecular flexibility index (Phi) is 6.92. The van der Waals surface area contributed by atoms with Gasteiger partial charge in [-0.3, -0.25) is 0 Å². The standard InChI is InChI=1S/C11H24N2/c1-3-5-6-7-9-11(13,10-12)8-4-2/h4H,2-3,5-10,12-13H2,1H3. The van der Waals surface area contributed by atoms with Crippen molar-refractivity contribution >= 4 is 0 Å². The molecule has 0 rings (SSSR count). The van der Waals surface area contributed by atoms with Crippen LogP contribution >= 0.6 is 0 Å². The van der Waals surface area contributed by atoms with Gasteiger partial charge in [0.1, 0.15) is 0 Å². The molecular formula is C11H24N2. The van der Waals surface area contributed by atoms with E-state index in [2.05, 4.69) is 13.5 Å². The van der Waals surface area contributed by atoms with Crippen molar-refractivity contribution < 1.29 is 0 Å². The van der Waals surface area contributed by atoms with Crippen LogP contribution in [-0.2, 0) is 0 Å². The Bertz CT molecular complexity index is 134. The largest absolute Gasteiger partial charge is 0.329 e. The van der Waals surface area contributed by atoms with Gasteiger partial charge in [-0.25, -0.2) is 0 Å². The molecule has 0 fully saturated rings. The molecule has 0 aliphatic carbocycles. The highest BCUT2D eigenvalue weighted by Crippen LogP contribution is 2.16. The van der Waals surface area contributed by atoms with E-state index in [1.165, 1.54) is 25.7 Å². The summed E-state index contributed by atoms with van der Waals surface area (Å²) in [4.78, 5) is 0. The minimum atomic E-state index is -0.199. The molecule has 0 heterocycles. The van der Waals surface area contributed by atoms with E-state index in [0.29, 0.717) is 6.54 Å². The number of unbranched alkanes of at least 4 members (excludes halogenated alkanes) is 3. The summed E-state index contributed by atoms with van der Waals surface area (Å²) in [7, 11) is 0. The summed E-state index contributed by atoms with van der Waals surface area (Å²) in [5.74, 6) is 0. The fourth-order valence-corrected chi connectivity index (χ4v) is 1.48. The lowest BCUT2D eigenvalue weighted by Gasteiger charge is -2.26. The molecule has 0 saturated carbocycles. The van der Waals surface area contributed by atoms with Crippen molar-refractivity contribution in [2.45, 2.75) is 51.0 Å². The zero-order chi connectivity index (χ0) is 10.2. The van der Waals surface area contributed by atoms with E-state index in [-0.39, 0.29) is 5.54 Å². The van der Waals surface area contributed by atoms with E-state index in [1.807, 2.05) is 6.08 Å². The molecule has 0 saturated heterocycles. The van der Waals surface area contributed by atoms with Gasteiger partial charge in [0.05, 0.1) is 0 Å². The minimum absolute atomic E-state index is 0.199. The van der Waals surface area contributed by atoms with E-state index < -0.39 is 0 Å². The molecule has 0 aromatic heterocycles. The summed E-state index contributed by atoms with van der Waals surface area (Å²) in [6.45, 7) is 6.47. The molecule has 0 aliphatic heterocycles. The predicted molar refractivity (Wildman–Crippen MR) is 59.5 cm³/mol. The SMILES string of the molecule is C=CCC(N)(CN)CCCCCC. The van der Waals surface area contributed by atoms with Crippen LogP contribution in [0.2, 0.25) is 0 Å². The van der Waals surface area contributed by atoms with Crippen molar-refractivity contribution in [3.05, 3.63) is 12.7 Å². The average molecular weight is 184 g/mol. The molecule has 13 heavy (non-hydrogen) atoms. The Morgan fingerprint density at radius 2 is 2.00 bits per heavy atom. The highest BCUT2D eigenvalue weighted by atomic mass is 14.8. The first-order chi connectivity index (χ1) is 6.18. The highest BCUT2D eigenvalue weighted by Gasteiger charge is 2.20. The summed E-state index contributed by atoms with van der Waals surface area (Å²) >= 11 is 0. The van der Waals surface area contributed by atoms with Crippen LogP contribution in [0.25, 0.3) is 0 Å². The molecule has 0 bridgehead atoms. The third-order valence-electron chi connectivity index (χ3n) is 2.49. The zero-order valence-electron chi connectivity index (χ0n) is 8.89. The number of hydrogen-bond donors (Lipinski definition) is 2. The van der Waals surface area contributed by atoms with Gasteiger partial charge >= 0.3 is 0 Å². The quantitative estimate of drug-likeness (QED) is 0.449.